The fourth-order valence-electron chi connectivity index (χ4n) is 0.927. The molecule has 0 spiro atoms. The second-order valence-electron chi connectivity index (χ2n) is 2.72. The molecule has 0 aromatic heterocycles. The molecule has 0 amide bonds. The molecule has 1 aromatic rings. The van der Waals surface area contributed by atoms with Crippen molar-refractivity contribution in [1.82, 2.24) is 0 Å². The normalized spacial score (nSPS) is 9.00. The molecule has 0 aliphatic heterocycles. The fraction of sp³-hybridized carbons (Fsp3) is 0.333. The van der Waals surface area contributed by atoms with Crippen LogP contribution >= 0.6 is 11.8 Å². The second-order valence-corrected chi connectivity index (χ2v) is 3.83. The van der Waals surface area contributed by atoms with Gasteiger partial charge in [-0.1, -0.05) is 37.0 Å². The van der Waals surface area contributed by atoms with E-state index in [0.29, 0.717) is 0 Å². The van der Waals surface area contributed by atoms with E-state index in [2.05, 4.69) is 18.8 Å². The lowest BCUT2D eigenvalue weighted by atomic mass is 10.2. The summed E-state index contributed by atoms with van der Waals surface area (Å²) >= 11 is 1.90. The summed E-state index contributed by atoms with van der Waals surface area (Å²) in [5, 5.41) is 0. The Morgan fingerprint density at radius 1 is 1.23 bits per heavy atom. The van der Waals surface area contributed by atoms with Crippen molar-refractivity contribution in [2.45, 2.75) is 13.3 Å². The number of benzene rings is 1. The van der Waals surface area contributed by atoms with Gasteiger partial charge in [0.15, 0.2) is 0 Å². The number of thioether (sulfide) groups is 1. The van der Waals surface area contributed by atoms with Crippen molar-refractivity contribution in [1.29, 1.82) is 0 Å². The molecule has 0 fully saturated rings. The molecule has 0 saturated carbocycles. The van der Waals surface area contributed by atoms with Gasteiger partial charge in [0.2, 0.25) is 0 Å². The van der Waals surface area contributed by atoms with Gasteiger partial charge in [0.1, 0.15) is 0 Å². The first kappa shape index (κ1) is 10.2. The Labute approximate surface area is 84.7 Å². The van der Waals surface area contributed by atoms with Crippen LogP contribution in [0, 0.1) is 11.8 Å². The third-order valence-corrected chi connectivity index (χ3v) is 2.57. The first-order valence-electron chi connectivity index (χ1n) is 4.55. The SMILES string of the molecule is CCCSCC#Cc1ccccc1. The zero-order chi connectivity index (χ0) is 9.36. The number of hydrogen-bond donors (Lipinski definition) is 0. The first-order chi connectivity index (χ1) is 6.43. The Balaban J connectivity index is 2.31. The lowest BCUT2D eigenvalue weighted by molar-refractivity contribution is 1.11. The smallest absolute Gasteiger partial charge is 0.0551 e. The van der Waals surface area contributed by atoms with E-state index in [0.717, 1.165) is 11.3 Å². The maximum atomic E-state index is 3.15. The minimum atomic E-state index is 0.947. The molecule has 0 heterocycles. The van der Waals surface area contributed by atoms with Gasteiger partial charge >= 0.3 is 0 Å². The molecule has 0 nitrogen and oxygen atoms in total. The van der Waals surface area contributed by atoms with Crippen LogP contribution in [0.2, 0.25) is 0 Å². The summed E-state index contributed by atoms with van der Waals surface area (Å²) < 4.78 is 0. The molecule has 0 aliphatic carbocycles. The minimum absolute atomic E-state index is 0.947. The van der Waals surface area contributed by atoms with Crippen LogP contribution in [0.5, 0.6) is 0 Å². The van der Waals surface area contributed by atoms with Gasteiger partial charge in [0.25, 0.3) is 0 Å². The van der Waals surface area contributed by atoms with Crippen molar-refractivity contribution in [3.63, 3.8) is 0 Å². The van der Waals surface area contributed by atoms with Gasteiger partial charge in [-0.05, 0) is 24.3 Å². The molecule has 0 saturated heterocycles. The highest BCUT2D eigenvalue weighted by Gasteiger charge is 1.82. The highest BCUT2D eigenvalue weighted by Crippen LogP contribution is 2.00. The molecule has 0 bridgehead atoms. The molecule has 1 heteroatoms. The second kappa shape index (κ2) is 6.62. The van der Waals surface area contributed by atoms with E-state index in [1.807, 2.05) is 42.1 Å². The standard InChI is InChI=1S/C12H14S/c1-2-10-13-11-6-9-12-7-4-3-5-8-12/h3-5,7-8H,2,10-11H2,1H3. The van der Waals surface area contributed by atoms with Crippen LogP contribution in [0.1, 0.15) is 18.9 Å². The van der Waals surface area contributed by atoms with Crippen molar-refractivity contribution in [2.75, 3.05) is 11.5 Å². The Morgan fingerprint density at radius 2 is 2.00 bits per heavy atom. The zero-order valence-corrected chi connectivity index (χ0v) is 8.73. The Bertz CT molecular complexity index is 279. The van der Waals surface area contributed by atoms with Crippen LogP contribution < -0.4 is 0 Å². The maximum Gasteiger partial charge on any atom is 0.0551 e. The van der Waals surface area contributed by atoms with Gasteiger partial charge in [0, 0.05) is 5.56 Å². The van der Waals surface area contributed by atoms with E-state index in [-0.39, 0.29) is 0 Å². The summed E-state index contributed by atoms with van der Waals surface area (Å²) in [5.41, 5.74) is 1.11. The van der Waals surface area contributed by atoms with Crippen molar-refractivity contribution in [3.8, 4) is 11.8 Å². The van der Waals surface area contributed by atoms with E-state index < -0.39 is 0 Å². The van der Waals surface area contributed by atoms with E-state index in [9.17, 15) is 0 Å². The average Bonchev–Trinajstić information content (AvgIpc) is 2.19. The summed E-state index contributed by atoms with van der Waals surface area (Å²) in [6.07, 6.45) is 1.23. The van der Waals surface area contributed by atoms with Crippen molar-refractivity contribution in [2.24, 2.45) is 0 Å². The monoisotopic (exact) mass is 190 g/mol. The number of hydrogen-bond acceptors (Lipinski definition) is 1. The molecule has 0 unspecified atom stereocenters. The molecular formula is C12H14S. The van der Waals surface area contributed by atoms with Crippen LogP contribution in [-0.2, 0) is 0 Å². The molecule has 13 heavy (non-hydrogen) atoms. The highest BCUT2D eigenvalue weighted by molar-refractivity contribution is 7.99. The quantitative estimate of drug-likeness (QED) is 0.521. The van der Waals surface area contributed by atoms with Crippen LogP contribution in [0.4, 0.5) is 0 Å². The van der Waals surface area contributed by atoms with E-state index in [1.54, 1.807) is 0 Å². The summed E-state index contributed by atoms with van der Waals surface area (Å²) in [6, 6.07) is 10.1. The molecule has 0 aliphatic rings. The molecule has 0 atom stereocenters. The molecule has 68 valence electrons. The predicted octanol–water partition coefficient (Wildman–Crippen LogP) is 3.18. The van der Waals surface area contributed by atoms with Gasteiger partial charge in [-0.25, -0.2) is 0 Å². The Kier molecular flexibility index (Phi) is 5.20. The van der Waals surface area contributed by atoms with Crippen LogP contribution in [0.25, 0.3) is 0 Å². The zero-order valence-electron chi connectivity index (χ0n) is 7.92. The van der Waals surface area contributed by atoms with Gasteiger partial charge in [0.05, 0.1) is 5.75 Å². The van der Waals surface area contributed by atoms with Gasteiger partial charge in [-0.3, -0.25) is 0 Å². The van der Waals surface area contributed by atoms with Crippen molar-refractivity contribution < 1.29 is 0 Å². The molecule has 0 N–H and O–H groups in total. The Hall–Kier alpha value is -0.870. The van der Waals surface area contributed by atoms with Gasteiger partial charge in [-0.15, -0.1) is 11.8 Å². The van der Waals surface area contributed by atoms with E-state index >= 15 is 0 Å². The average molecular weight is 190 g/mol. The maximum absolute atomic E-state index is 3.15. The minimum Gasteiger partial charge on any atom is -0.149 e. The predicted molar refractivity (Wildman–Crippen MR) is 60.9 cm³/mol. The summed E-state index contributed by atoms with van der Waals surface area (Å²) in [7, 11) is 0. The van der Waals surface area contributed by atoms with Crippen LogP contribution in [-0.4, -0.2) is 11.5 Å². The molecule has 1 aromatic carbocycles. The Morgan fingerprint density at radius 3 is 2.69 bits per heavy atom. The van der Waals surface area contributed by atoms with Crippen molar-refractivity contribution in [3.05, 3.63) is 35.9 Å². The fourth-order valence-corrected chi connectivity index (χ4v) is 1.53. The molecule has 0 radical (unpaired) electrons. The largest absolute Gasteiger partial charge is 0.149 e. The lowest BCUT2D eigenvalue weighted by Crippen LogP contribution is -1.77. The third-order valence-electron chi connectivity index (χ3n) is 1.53. The van der Waals surface area contributed by atoms with Gasteiger partial charge < -0.3 is 0 Å². The lowest BCUT2D eigenvalue weighted by Gasteiger charge is -1.89. The third kappa shape index (κ3) is 4.65. The number of rotatable bonds is 3. The molecule has 1 rings (SSSR count). The summed E-state index contributed by atoms with van der Waals surface area (Å²) in [4.78, 5) is 0. The van der Waals surface area contributed by atoms with Crippen molar-refractivity contribution >= 4 is 11.8 Å². The van der Waals surface area contributed by atoms with Crippen LogP contribution in [0.3, 0.4) is 0 Å². The molecular weight excluding hydrogens is 176 g/mol. The summed E-state index contributed by atoms with van der Waals surface area (Å²) in [5.74, 6) is 8.44. The topological polar surface area (TPSA) is 0 Å². The van der Waals surface area contributed by atoms with Gasteiger partial charge in [-0.2, -0.15) is 0 Å². The first-order valence-corrected chi connectivity index (χ1v) is 5.70. The highest BCUT2D eigenvalue weighted by atomic mass is 32.2. The van der Waals surface area contributed by atoms with Crippen LogP contribution in [0.15, 0.2) is 30.3 Å². The summed E-state index contributed by atoms with van der Waals surface area (Å²) in [6.45, 7) is 2.19. The van der Waals surface area contributed by atoms with E-state index in [1.165, 1.54) is 12.2 Å². The van der Waals surface area contributed by atoms with E-state index in [4.69, 9.17) is 0 Å².